The number of nitrogens with zero attached hydrogens (tertiary/aromatic N) is 4. The van der Waals surface area contributed by atoms with Gasteiger partial charge in [0.2, 0.25) is 5.91 Å². The zero-order chi connectivity index (χ0) is 28.4. The number of ether oxygens (including phenoxy) is 3. The molecule has 0 saturated carbocycles. The molecule has 39 heavy (non-hydrogen) atoms. The van der Waals surface area contributed by atoms with Crippen molar-refractivity contribution >= 4 is 23.9 Å². The van der Waals surface area contributed by atoms with Crippen molar-refractivity contribution in [1.29, 1.82) is 0 Å². The molecule has 0 atom stereocenters. The van der Waals surface area contributed by atoms with Crippen molar-refractivity contribution in [1.82, 2.24) is 14.7 Å². The van der Waals surface area contributed by atoms with Crippen molar-refractivity contribution in [2.45, 2.75) is 39.5 Å². The maximum Gasteiger partial charge on any atom is 0.416 e. The van der Waals surface area contributed by atoms with E-state index in [2.05, 4.69) is 4.99 Å². The predicted molar refractivity (Wildman–Crippen MR) is 147 cm³/mol. The third kappa shape index (κ3) is 9.40. The lowest BCUT2D eigenvalue weighted by atomic mass is 10.1. The van der Waals surface area contributed by atoms with E-state index < -0.39 is 17.8 Å². The van der Waals surface area contributed by atoms with Gasteiger partial charge in [-0.3, -0.25) is 14.7 Å². The van der Waals surface area contributed by atoms with Crippen LogP contribution in [0.3, 0.4) is 0 Å². The second-order valence-corrected chi connectivity index (χ2v) is 10.3. The number of carbonyl (C=O) groups excluding carboxylic acids is 3. The molecule has 1 heterocycles. The predicted octanol–water partition coefficient (Wildman–Crippen LogP) is 3.93. The van der Waals surface area contributed by atoms with Gasteiger partial charge in [0.1, 0.15) is 24.7 Å². The van der Waals surface area contributed by atoms with Gasteiger partial charge < -0.3 is 24.0 Å². The van der Waals surface area contributed by atoms with Gasteiger partial charge in [0, 0.05) is 32.7 Å². The van der Waals surface area contributed by atoms with Crippen LogP contribution in [0.1, 0.15) is 37.5 Å². The number of likely N-dealkylation sites (N-methyl/N-ethyl adjacent to an activating group) is 2. The molecular weight excluding hydrogens is 500 g/mol. The monoisotopic (exact) mass is 538 g/mol. The van der Waals surface area contributed by atoms with Crippen LogP contribution in [-0.2, 0) is 32.2 Å². The zero-order valence-electron chi connectivity index (χ0n) is 23.4. The fourth-order valence-electron chi connectivity index (χ4n) is 3.70. The van der Waals surface area contributed by atoms with Crippen LogP contribution >= 0.6 is 0 Å². The standard InChI is InChI=1S/C29H38N4O6/c1-29(2,3)39-28(36)33-16-15-30-26(33)24-13-11-22(12-14-24)19-32(5)25(34)21-37-18-17-31(4)27(35)38-20-23-9-7-6-8-10-23/h6-14H,15-21H2,1-5H3. The summed E-state index contributed by atoms with van der Waals surface area (Å²) in [6.45, 7) is 7.52. The first kappa shape index (κ1) is 29.6. The Kier molecular flexibility index (Phi) is 10.4. The van der Waals surface area contributed by atoms with E-state index in [4.69, 9.17) is 14.2 Å². The van der Waals surface area contributed by atoms with Gasteiger partial charge in [0.05, 0.1) is 19.7 Å². The van der Waals surface area contributed by atoms with Crippen molar-refractivity contribution in [3.05, 3.63) is 71.3 Å². The Morgan fingerprint density at radius 3 is 2.31 bits per heavy atom. The average molecular weight is 539 g/mol. The molecule has 0 fully saturated rings. The largest absolute Gasteiger partial charge is 0.445 e. The summed E-state index contributed by atoms with van der Waals surface area (Å²) < 4.78 is 16.3. The lowest BCUT2D eigenvalue weighted by Gasteiger charge is -2.25. The van der Waals surface area contributed by atoms with Crippen LogP contribution in [-0.4, -0.2) is 91.2 Å². The summed E-state index contributed by atoms with van der Waals surface area (Å²) in [6, 6.07) is 17.0. The van der Waals surface area contributed by atoms with E-state index in [1.807, 2.05) is 75.4 Å². The highest BCUT2D eigenvalue weighted by Gasteiger charge is 2.29. The maximum absolute atomic E-state index is 12.5. The minimum Gasteiger partial charge on any atom is -0.445 e. The van der Waals surface area contributed by atoms with Crippen molar-refractivity contribution in [2.75, 3.05) is 46.9 Å². The van der Waals surface area contributed by atoms with E-state index in [-0.39, 0.29) is 25.7 Å². The molecule has 10 heteroatoms. The Bertz CT molecular complexity index is 1140. The molecule has 2 aromatic rings. The number of benzene rings is 2. The number of amidine groups is 1. The summed E-state index contributed by atoms with van der Waals surface area (Å²) in [7, 11) is 3.33. The van der Waals surface area contributed by atoms with Crippen LogP contribution in [0.15, 0.2) is 59.6 Å². The summed E-state index contributed by atoms with van der Waals surface area (Å²) in [6.07, 6.45) is -0.865. The van der Waals surface area contributed by atoms with Crippen LogP contribution in [0.25, 0.3) is 0 Å². The summed E-state index contributed by atoms with van der Waals surface area (Å²) >= 11 is 0. The maximum atomic E-state index is 12.5. The highest BCUT2D eigenvalue weighted by molar-refractivity contribution is 6.07. The van der Waals surface area contributed by atoms with Gasteiger partial charge in [-0.25, -0.2) is 9.59 Å². The molecule has 0 saturated heterocycles. The van der Waals surface area contributed by atoms with Crippen LogP contribution in [0.2, 0.25) is 0 Å². The molecule has 0 aromatic heterocycles. The minimum atomic E-state index is -0.584. The quantitative estimate of drug-likeness (QED) is 0.425. The van der Waals surface area contributed by atoms with Crippen molar-refractivity contribution in [3.8, 4) is 0 Å². The van der Waals surface area contributed by atoms with Gasteiger partial charge in [0.15, 0.2) is 0 Å². The topological polar surface area (TPSA) is 101 Å². The van der Waals surface area contributed by atoms with Gasteiger partial charge in [-0.1, -0.05) is 54.6 Å². The molecule has 1 aliphatic heterocycles. The number of aliphatic imine (C=N–C) groups is 1. The molecular formula is C29H38N4O6. The second kappa shape index (κ2) is 13.7. The highest BCUT2D eigenvalue weighted by atomic mass is 16.6. The van der Waals surface area contributed by atoms with E-state index in [0.717, 1.165) is 16.7 Å². The molecule has 3 amide bonds. The molecule has 0 unspecified atom stereocenters. The van der Waals surface area contributed by atoms with Crippen molar-refractivity contribution < 1.29 is 28.6 Å². The van der Waals surface area contributed by atoms with Gasteiger partial charge in [-0.05, 0) is 31.9 Å². The van der Waals surface area contributed by atoms with E-state index in [0.29, 0.717) is 32.0 Å². The first-order valence-electron chi connectivity index (χ1n) is 12.9. The molecule has 0 radical (unpaired) electrons. The fourth-order valence-corrected chi connectivity index (χ4v) is 3.70. The van der Waals surface area contributed by atoms with E-state index in [1.165, 1.54) is 4.90 Å². The highest BCUT2D eigenvalue weighted by Crippen LogP contribution is 2.17. The Labute approximate surface area is 230 Å². The summed E-state index contributed by atoms with van der Waals surface area (Å²) in [5.41, 5.74) is 2.07. The molecule has 0 aliphatic carbocycles. The minimum absolute atomic E-state index is 0.0941. The SMILES string of the molecule is CN(Cc1ccc(C2=NCCN2C(=O)OC(C)(C)C)cc1)C(=O)COCCN(C)C(=O)OCc1ccccc1. The molecule has 3 rings (SSSR count). The van der Waals surface area contributed by atoms with Gasteiger partial charge in [0.25, 0.3) is 0 Å². The van der Waals surface area contributed by atoms with E-state index in [1.54, 1.807) is 23.9 Å². The lowest BCUT2D eigenvalue weighted by Crippen LogP contribution is -2.39. The van der Waals surface area contributed by atoms with Crippen molar-refractivity contribution in [2.24, 2.45) is 4.99 Å². The summed E-state index contributed by atoms with van der Waals surface area (Å²) in [4.78, 5) is 46.2. The Morgan fingerprint density at radius 2 is 1.64 bits per heavy atom. The Balaban J connectivity index is 1.39. The Morgan fingerprint density at radius 1 is 0.949 bits per heavy atom. The zero-order valence-corrected chi connectivity index (χ0v) is 23.4. The first-order valence-corrected chi connectivity index (χ1v) is 12.9. The Hall–Kier alpha value is -3.92. The molecule has 210 valence electrons. The summed E-state index contributed by atoms with van der Waals surface area (Å²) in [5, 5.41) is 0. The summed E-state index contributed by atoms with van der Waals surface area (Å²) in [5.74, 6) is 0.409. The van der Waals surface area contributed by atoms with Gasteiger partial charge in [-0.15, -0.1) is 0 Å². The van der Waals surface area contributed by atoms with Crippen LogP contribution in [0, 0.1) is 0 Å². The van der Waals surface area contributed by atoms with Crippen molar-refractivity contribution in [3.63, 3.8) is 0 Å². The normalized spacial score (nSPS) is 13.1. The van der Waals surface area contributed by atoms with Crippen LogP contribution < -0.4 is 0 Å². The molecule has 2 aromatic carbocycles. The third-order valence-corrected chi connectivity index (χ3v) is 5.83. The molecule has 0 bridgehead atoms. The number of hydrogen-bond acceptors (Lipinski definition) is 7. The van der Waals surface area contributed by atoms with E-state index in [9.17, 15) is 14.4 Å². The number of carbonyl (C=O) groups is 3. The fraction of sp³-hybridized carbons (Fsp3) is 0.448. The molecule has 1 aliphatic rings. The first-order chi connectivity index (χ1) is 18.5. The average Bonchev–Trinajstić information content (AvgIpc) is 3.40. The van der Waals surface area contributed by atoms with E-state index >= 15 is 0 Å². The van der Waals surface area contributed by atoms with Gasteiger partial charge >= 0.3 is 12.2 Å². The second-order valence-electron chi connectivity index (χ2n) is 10.3. The van der Waals surface area contributed by atoms with Crippen LogP contribution in [0.4, 0.5) is 9.59 Å². The van der Waals surface area contributed by atoms with Crippen LogP contribution in [0.5, 0.6) is 0 Å². The number of amides is 3. The number of hydrogen-bond donors (Lipinski definition) is 0. The smallest absolute Gasteiger partial charge is 0.416 e. The van der Waals surface area contributed by atoms with Gasteiger partial charge in [-0.2, -0.15) is 0 Å². The molecule has 0 spiro atoms. The molecule has 10 nitrogen and oxygen atoms in total. The third-order valence-electron chi connectivity index (χ3n) is 5.83. The lowest BCUT2D eigenvalue weighted by molar-refractivity contribution is -0.135. The molecule has 0 N–H and O–H groups in total. The number of rotatable bonds is 10.